The van der Waals surface area contributed by atoms with Gasteiger partial charge in [0.05, 0.1) is 11.4 Å². The number of nitrogens with one attached hydrogen (secondary N) is 1. The number of hydrazine groups is 1. The summed E-state index contributed by atoms with van der Waals surface area (Å²) in [5, 5.41) is 4.86. The van der Waals surface area contributed by atoms with Crippen LogP contribution in [0.25, 0.3) is 0 Å². The van der Waals surface area contributed by atoms with Crippen molar-refractivity contribution in [3.05, 3.63) is 64.2 Å². The molecule has 1 unspecified atom stereocenters. The molecular formula is C29H36F3N3O4. The number of ether oxygens (including phenoxy) is 1. The molecule has 0 aromatic heterocycles. The molecule has 0 radical (unpaired) electrons. The summed E-state index contributed by atoms with van der Waals surface area (Å²) in [7, 11) is 0. The fourth-order valence-electron chi connectivity index (χ4n) is 4.35. The average molecular weight is 548 g/mol. The van der Waals surface area contributed by atoms with Gasteiger partial charge in [0.2, 0.25) is 5.91 Å². The van der Waals surface area contributed by atoms with Crippen LogP contribution in [0.5, 0.6) is 0 Å². The number of anilines is 1. The first kappa shape index (κ1) is 30.0. The monoisotopic (exact) mass is 547 g/mol. The lowest BCUT2D eigenvalue weighted by molar-refractivity contribution is -0.275. The highest BCUT2D eigenvalue weighted by molar-refractivity contribution is 6.03. The predicted molar refractivity (Wildman–Crippen MR) is 143 cm³/mol. The van der Waals surface area contributed by atoms with Gasteiger partial charge < -0.3 is 9.57 Å². The van der Waals surface area contributed by atoms with Crippen molar-refractivity contribution >= 4 is 23.4 Å². The van der Waals surface area contributed by atoms with Crippen molar-refractivity contribution in [2.75, 3.05) is 5.01 Å². The Morgan fingerprint density at radius 1 is 1.08 bits per heavy atom. The number of aryl methyl sites for hydroxylation is 3. The number of amides is 2. The molecule has 1 aliphatic rings. The molecule has 3 rings (SSSR count). The number of alkyl halides is 3. The highest BCUT2D eigenvalue weighted by Gasteiger charge is 2.62. The van der Waals surface area contributed by atoms with E-state index >= 15 is 0 Å². The number of rotatable bonds is 5. The van der Waals surface area contributed by atoms with Gasteiger partial charge in [0.15, 0.2) is 0 Å². The van der Waals surface area contributed by atoms with Crippen LogP contribution in [0.2, 0.25) is 0 Å². The average Bonchev–Trinajstić information content (AvgIpc) is 3.23. The van der Waals surface area contributed by atoms with Crippen LogP contribution in [0.1, 0.15) is 75.3 Å². The Hall–Kier alpha value is -3.56. The molecule has 7 nitrogen and oxygen atoms in total. The quantitative estimate of drug-likeness (QED) is 0.408. The minimum absolute atomic E-state index is 0.0312. The zero-order chi connectivity index (χ0) is 29.3. The third-order valence-corrected chi connectivity index (χ3v) is 6.06. The van der Waals surface area contributed by atoms with Crippen molar-refractivity contribution in [3.63, 3.8) is 0 Å². The lowest BCUT2D eigenvalue weighted by Crippen LogP contribution is -2.49. The number of nitrogens with zero attached hydrogens (tertiary/aromatic N) is 2. The topological polar surface area (TPSA) is 80.2 Å². The molecule has 1 atom stereocenters. The van der Waals surface area contributed by atoms with Crippen molar-refractivity contribution in [3.8, 4) is 0 Å². The minimum Gasteiger partial charge on any atom is -0.442 e. The summed E-state index contributed by atoms with van der Waals surface area (Å²) < 4.78 is 49.1. The molecule has 39 heavy (non-hydrogen) atoms. The summed E-state index contributed by atoms with van der Waals surface area (Å²) >= 11 is 0. The zero-order valence-corrected chi connectivity index (χ0v) is 23.6. The van der Waals surface area contributed by atoms with Gasteiger partial charge in [-0.15, -0.1) is 0 Å². The third-order valence-electron chi connectivity index (χ3n) is 6.06. The van der Waals surface area contributed by atoms with Crippen molar-refractivity contribution in [1.29, 1.82) is 0 Å². The van der Waals surface area contributed by atoms with E-state index in [0.717, 1.165) is 5.01 Å². The van der Waals surface area contributed by atoms with Crippen LogP contribution < -0.4 is 10.4 Å². The van der Waals surface area contributed by atoms with E-state index < -0.39 is 35.8 Å². The fraction of sp³-hybridized carbons (Fsp3) is 0.483. The number of carbonyl (C=O) groups excluding carboxylic acids is 2. The van der Waals surface area contributed by atoms with Gasteiger partial charge in [0.1, 0.15) is 5.60 Å². The highest BCUT2D eigenvalue weighted by atomic mass is 19.4. The molecular weight excluding hydrogens is 511 g/mol. The second-order valence-electron chi connectivity index (χ2n) is 11.5. The maximum Gasteiger partial charge on any atom is 0.435 e. The van der Waals surface area contributed by atoms with E-state index in [1.54, 1.807) is 59.7 Å². The predicted octanol–water partition coefficient (Wildman–Crippen LogP) is 7.01. The molecule has 212 valence electrons. The van der Waals surface area contributed by atoms with E-state index in [9.17, 15) is 22.8 Å². The van der Waals surface area contributed by atoms with Gasteiger partial charge in [0, 0.05) is 24.0 Å². The number of benzene rings is 2. The van der Waals surface area contributed by atoms with Crippen molar-refractivity contribution in [2.24, 2.45) is 11.1 Å². The molecule has 0 saturated carbocycles. The van der Waals surface area contributed by atoms with E-state index in [0.29, 0.717) is 22.3 Å². The third kappa shape index (κ3) is 6.91. The Kier molecular flexibility index (Phi) is 8.38. The van der Waals surface area contributed by atoms with E-state index in [1.165, 1.54) is 18.2 Å². The second-order valence-corrected chi connectivity index (χ2v) is 11.5. The molecule has 0 bridgehead atoms. The Labute approximate surface area is 227 Å². The first-order chi connectivity index (χ1) is 17.9. The molecule has 0 saturated heterocycles. The summed E-state index contributed by atoms with van der Waals surface area (Å²) in [5.74, 6) is -0.378. The van der Waals surface area contributed by atoms with Crippen LogP contribution in [-0.2, 0) is 20.0 Å². The second kappa shape index (κ2) is 10.9. The molecule has 2 amide bonds. The Morgan fingerprint density at radius 2 is 1.69 bits per heavy atom. The maximum atomic E-state index is 14.5. The normalized spacial score (nSPS) is 17.5. The van der Waals surface area contributed by atoms with Crippen molar-refractivity contribution in [2.45, 2.75) is 85.6 Å². The standard InChI is InChI=1S/C29H36F3N3O4/c1-17(2)11-25(36)33-35(26(37)38-27(6,7)8)24-15-21(10-9-20(24)5)23-16-28(39-34-23,29(30,31)32)22-13-18(3)12-19(4)14-22/h9-10,12-15,17H,11,16H2,1-8H3,(H,33,36). The van der Waals surface area contributed by atoms with Crippen LogP contribution in [0.15, 0.2) is 41.6 Å². The van der Waals surface area contributed by atoms with Gasteiger partial charge in [-0.25, -0.2) is 4.79 Å². The molecule has 0 aliphatic carbocycles. The lowest BCUT2D eigenvalue weighted by Gasteiger charge is -2.30. The number of hydrogen-bond acceptors (Lipinski definition) is 5. The lowest BCUT2D eigenvalue weighted by atomic mass is 9.85. The van der Waals surface area contributed by atoms with Gasteiger partial charge in [-0.3, -0.25) is 10.2 Å². The van der Waals surface area contributed by atoms with Crippen molar-refractivity contribution < 1.29 is 32.3 Å². The SMILES string of the molecule is Cc1cc(C)cc(C2(C(F)(F)F)CC(c3ccc(C)c(N(NC(=O)CC(C)C)C(=O)OC(C)(C)C)c3)=NO2)c1. The van der Waals surface area contributed by atoms with Crippen molar-refractivity contribution in [1.82, 2.24) is 5.43 Å². The molecule has 0 spiro atoms. The summed E-state index contributed by atoms with van der Waals surface area (Å²) in [6.45, 7) is 14.0. The summed E-state index contributed by atoms with van der Waals surface area (Å²) in [4.78, 5) is 31.0. The van der Waals surface area contributed by atoms with E-state index in [-0.39, 0.29) is 29.3 Å². The smallest absolute Gasteiger partial charge is 0.435 e. The molecule has 2 aromatic carbocycles. The summed E-state index contributed by atoms with van der Waals surface area (Å²) in [6, 6.07) is 9.45. The Bertz CT molecular complexity index is 1260. The van der Waals surface area contributed by atoms with Crippen LogP contribution in [0.4, 0.5) is 23.7 Å². The van der Waals surface area contributed by atoms with E-state index in [1.807, 2.05) is 13.8 Å². The maximum absolute atomic E-state index is 14.5. The van der Waals surface area contributed by atoms with Crippen LogP contribution in [0.3, 0.4) is 0 Å². The van der Waals surface area contributed by atoms with E-state index in [2.05, 4.69) is 10.6 Å². The number of oxime groups is 1. The van der Waals surface area contributed by atoms with Gasteiger partial charge in [-0.1, -0.05) is 60.5 Å². The van der Waals surface area contributed by atoms with Gasteiger partial charge >= 0.3 is 12.3 Å². The molecule has 1 aliphatic heterocycles. The summed E-state index contributed by atoms with van der Waals surface area (Å²) in [5.41, 5.74) is 1.62. The number of carbonyl (C=O) groups is 2. The first-order valence-corrected chi connectivity index (χ1v) is 12.8. The van der Waals surface area contributed by atoms with E-state index in [4.69, 9.17) is 9.57 Å². The molecule has 1 heterocycles. The zero-order valence-electron chi connectivity index (χ0n) is 23.6. The highest BCUT2D eigenvalue weighted by Crippen LogP contribution is 2.49. The van der Waals surface area contributed by atoms with Gasteiger partial charge in [0.25, 0.3) is 5.60 Å². The first-order valence-electron chi connectivity index (χ1n) is 12.8. The molecule has 0 fully saturated rings. The van der Waals surface area contributed by atoms with Crippen LogP contribution in [-0.4, -0.2) is 29.5 Å². The molecule has 10 heteroatoms. The molecule has 1 N–H and O–H groups in total. The van der Waals surface area contributed by atoms with Crippen LogP contribution in [0, 0.1) is 26.7 Å². The summed E-state index contributed by atoms with van der Waals surface area (Å²) in [6.07, 6.45) is -5.99. The number of halogens is 3. The Balaban J connectivity index is 2.03. The van der Waals surface area contributed by atoms with Crippen LogP contribution >= 0.6 is 0 Å². The molecule has 2 aromatic rings. The largest absolute Gasteiger partial charge is 0.442 e. The van der Waals surface area contributed by atoms with Gasteiger partial charge in [-0.2, -0.15) is 18.2 Å². The fourth-order valence-corrected chi connectivity index (χ4v) is 4.35. The minimum atomic E-state index is -4.75. The van der Waals surface area contributed by atoms with Gasteiger partial charge in [-0.05, 0) is 59.1 Å². The number of hydrogen-bond donors (Lipinski definition) is 1. The Morgan fingerprint density at radius 3 is 2.23 bits per heavy atom.